The van der Waals surface area contributed by atoms with Crippen molar-refractivity contribution in [3.8, 4) is 0 Å². The van der Waals surface area contributed by atoms with Gasteiger partial charge in [-0.15, -0.1) is 0 Å². The Morgan fingerprint density at radius 3 is 2.29 bits per heavy atom. The van der Waals surface area contributed by atoms with Crippen LogP contribution in [0.4, 0.5) is 4.79 Å². The van der Waals surface area contributed by atoms with E-state index in [0.29, 0.717) is 37.2 Å². The van der Waals surface area contributed by atoms with Crippen LogP contribution in [0, 0.1) is 0 Å². The molecule has 2 heterocycles. The molecule has 1 saturated heterocycles. The van der Waals surface area contributed by atoms with Crippen molar-refractivity contribution in [2.75, 3.05) is 26.2 Å². The first-order valence-electron chi connectivity index (χ1n) is 6.91. The number of rotatable bonds is 1. The number of hydrogen-bond acceptors (Lipinski definition) is 5. The lowest BCUT2D eigenvalue weighted by Gasteiger charge is -2.36. The number of nitrogens with zero attached hydrogens (tertiary/aromatic N) is 3. The Morgan fingerprint density at radius 2 is 1.81 bits per heavy atom. The molecule has 0 N–H and O–H groups in total. The molecule has 0 radical (unpaired) electrons. The quantitative estimate of drug-likeness (QED) is 0.710. The predicted octanol–water partition coefficient (Wildman–Crippen LogP) is 1.56. The Bertz CT molecular complexity index is 453. The zero-order valence-corrected chi connectivity index (χ0v) is 14.1. The zero-order valence-electron chi connectivity index (χ0n) is 12.5. The second-order valence-electron chi connectivity index (χ2n) is 6.06. The van der Waals surface area contributed by atoms with Crippen LogP contribution in [0.15, 0.2) is 5.16 Å². The number of hydrogen-bond donors (Lipinski definition) is 0. The van der Waals surface area contributed by atoms with Crippen LogP contribution in [-0.4, -0.2) is 64.3 Å². The molecule has 8 heteroatoms. The molecule has 118 valence electrons. The second-order valence-corrected chi connectivity index (χ2v) is 6.97. The van der Waals surface area contributed by atoms with E-state index in [-0.39, 0.29) is 12.0 Å². The molecule has 0 aromatic carbocycles. The SMILES string of the molecule is CC(C)(C)OC(=O)N1CCN(C(=O)C2CC(Br)=NO2)CC1. The molecule has 1 unspecified atom stereocenters. The topological polar surface area (TPSA) is 71.4 Å². The van der Waals surface area contributed by atoms with Crippen molar-refractivity contribution in [2.24, 2.45) is 5.16 Å². The second kappa shape index (κ2) is 6.21. The maximum Gasteiger partial charge on any atom is 0.410 e. The largest absolute Gasteiger partial charge is 0.444 e. The van der Waals surface area contributed by atoms with Gasteiger partial charge in [0.25, 0.3) is 5.91 Å². The summed E-state index contributed by atoms with van der Waals surface area (Å²) in [4.78, 5) is 32.6. The monoisotopic (exact) mass is 361 g/mol. The summed E-state index contributed by atoms with van der Waals surface area (Å²) < 4.78 is 5.97. The van der Waals surface area contributed by atoms with Crippen LogP contribution in [0.3, 0.4) is 0 Å². The lowest BCUT2D eigenvalue weighted by Crippen LogP contribution is -2.53. The summed E-state index contributed by atoms with van der Waals surface area (Å²) in [5.41, 5.74) is -0.509. The Morgan fingerprint density at radius 1 is 1.24 bits per heavy atom. The van der Waals surface area contributed by atoms with Crippen LogP contribution >= 0.6 is 15.9 Å². The first-order chi connectivity index (χ1) is 9.76. The molecular formula is C13H20BrN3O4. The van der Waals surface area contributed by atoms with Gasteiger partial charge in [0.1, 0.15) is 10.2 Å². The van der Waals surface area contributed by atoms with Crippen molar-refractivity contribution >= 4 is 32.6 Å². The molecule has 2 rings (SSSR count). The maximum atomic E-state index is 12.2. The maximum absolute atomic E-state index is 12.2. The van der Waals surface area contributed by atoms with Crippen LogP contribution in [0.1, 0.15) is 27.2 Å². The third kappa shape index (κ3) is 4.33. The standard InChI is InChI=1S/C13H20BrN3O4/c1-13(2,3)20-12(19)17-6-4-16(5-7-17)11(18)9-8-10(14)15-21-9/h9H,4-8H2,1-3H3. The average molecular weight is 362 g/mol. The molecule has 2 aliphatic heterocycles. The Labute approximate surface area is 132 Å². The van der Waals surface area contributed by atoms with Crippen LogP contribution in [0.5, 0.6) is 0 Å². The number of carbonyl (C=O) groups excluding carboxylic acids is 2. The fourth-order valence-electron chi connectivity index (χ4n) is 2.12. The Balaban J connectivity index is 1.80. The highest BCUT2D eigenvalue weighted by Crippen LogP contribution is 2.18. The summed E-state index contributed by atoms with van der Waals surface area (Å²) in [5.74, 6) is -0.0861. The molecule has 7 nitrogen and oxygen atoms in total. The minimum absolute atomic E-state index is 0.0861. The highest BCUT2D eigenvalue weighted by Gasteiger charge is 2.34. The van der Waals surface area contributed by atoms with Crippen molar-refractivity contribution in [1.82, 2.24) is 9.80 Å². The normalized spacial score (nSPS) is 22.7. The summed E-state index contributed by atoms with van der Waals surface area (Å²) in [6.45, 7) is 7.40. The van der Waals surface area contributed by atoms with Crippen molar-refractivity contribution in [3.63, 3.8) is 0 Å². The van der Waals surface area contributed by atoms with E-state index < -0.39 is 11.7 Å². The summed E-state index contributed by atoms with van der Waals surface area (Å²) in [7, 11) is 0. The van der Waals surface area contributed by atoms with Gasteiger partial charge in [-0.05, 0) is 36.7 Å². The number of halogens is 1. The third-order valence-electron chi connectivity index (χ3n) is 3.15. The number of oxime groups is 1. The summed E-state index contributed by atoms with van der Waals surface area (Å²) >= 11 is 3.21. The summed E-state index contributed by atoms with van der Waals surface area (Å²) in [6, 6.07) is 0. The van der Waals surface area contributed by atoms with Crippen molar-refractivity contribution in [1.29, 1.82) is 0 Å². The summed E-state index contributed by atoms with van der Waals surface area (Å²) in [6.07, 6.45) is -0.421. The smallest absolute Gasteiger partial charge is 0.410 e. The number of carbonyl (C=O) groups is 2. The van der Waals surface area contributed by atoms with E-state index >= 15 is 0 Å². The van der Waals surface area contributed by atoms with Gasteiger partial charge in [-0.25, -0.2) is 4.79 Å². The van der Waals surface area contributed by atoms with Gasteiger partial charge >= 0.3 is 6.09 Å². The molecule has 0 aliphatic carbocycles. The van der Waals surface area contributed by atoms with Gasteiger partial charge in [-0.2, -0.15) is 0 Å². The molecular weight excluding hydrogens is 342 g/mol. The fourth-order valence-corrected chi connectivity index (χ4v) is 2.50. The number of piperazine rings is 1. The van der Waals surface area contributed by atoms with Crippen LogP contribution in [0.2, 0.25) is 0 Å². The van der Waals surface area contributed by atoms with Crippen molar-refractivity contribution in [3.05, 3.63) is 0 Å². The lowest BCUT2D eigenvalue weighted by atomic mass is 10.2. The zero-order chi connectivity index (χ0) is 15.6. The van der Waals surface area contributed by atoms with E-state index in [1.54, 1.807) is 9.80 Å². The summed E-state index contributed by atoms with van der Waals surface area (Å²) in [5, 5.41) is 3.72. The molecule has 1 fully saturated rings. The van der Waals surface area contributed by atoms with Crippen LogP contribution in [-0.2, 0) is 14.4 Å². The van der Waals surface area contributed by atoms with Gasteiger partial charge < -0.3 is 19.4 Å². The molecule has 21 heavy (non-hydrogen) atoms. The van der Waals surface area contributed by atoms with Crippen LogP contribution in [0.25, 0.3) is 0 Å². The molecule has 0 aromatic rings. The Kier molecular flexibility index (Phi) is 4.75. The average Bonchev–Trinajstić information content (AvgIpc) is 2.83. The van der Waals surface area contributed by atoms with E-state index in [1.165, 1.54) is 0 Å². The predicted molar refractivity (Wildman–Crippen MR) is 80.2 cm³/mol. The van der Waals surface area contributed by atoms with Gasteiger partial charge in [0.05, 0.1) is 0 Å². The minimum Gasteiger partial charge on any atom is -0.444 e. The fraction of sp³-hybridized carbons (Fsp3) is 0.769. The van der Waals surface area contributed by atoms with Gasteiger partial charge in [0, 0.05) is 32.6 Å². The molecule has 2 amide bonds. The first-order valence-corrected chi connectivity index (χ1v) is 7.70. The highest BCUT2D eigenvalue weighted by molar-refractivity contribution is 9.18. The van der Waals surface area contributed by atoms with E-state index in [4.69, 9.17) is 9.57 Å². The number of amides is 2. The number of ether oxygens (including phenoxy) is 1. The van der Waals surface area contributed by atoms with E-state index in [9.17, 15) is 9.59 Å². The van der Waals surface area contributed by atoms with Crippen LogP contribution < -0.4 is 0 Å². The van der Waals surface area contributed by atoms with Gasteiger partial charge in [-0.3, -0.25) is 4.79 Å². The van der Waals surface area contributed by atoms with Gasteiger partial charge in [0.2, 0.25) is 6.10 Å². The molecule has 0 aromatic heterocycles. The van der Waals surface area contributed by atoms with Gasteiger partial charge in [-0.1, -0.05) is 5.16 Å². The van der Waals surface area contributed by atoms with E-state index in [0.717, 1.165) is 0 Å². The van der Waals surface area contributed by atoms with E-state index in [1.807, 2.05) is 20.8 Å². The molecule has 0 spiro atoms. The molecule has 0 saturated carbocycles. The Hall–Kier alpha value is -1.31. The lowest BCUT2D eigenvalue weighted by molar-refractivity contribution is -0.143. The highest BCUT2D eigenvalue weighted by atomic mass is 79.9. The third-order valence-corrected chi connectivity index (χ3v) is 3.62. The first kappa shape index (κ1) is 16.1. The molecule has 2 aliphatic rings. The van der Waals surface area contributed by atoms with Gasteiger partial charge in [0.15, 0.2) is 0 Å². The van der Waals surface area contributed by atoms with E-state index in [2.05, 4.69) is 21.1 Å². The molecule has 0 bridgehead atoms. The molecule has 1 atom stereocenters. The van der Waals surface area contributed by atoms with Crippen molar-refractivity contribution in [2.45, 2.75) is 38.9 Å². The minimum atomic E-state index is -0.549. The van der Waals surface area contributed by atoms with Crippen molar-refractivity contribution < 1.29 is 19.2 Å².